The predicted octanol–water partition coefficient (Wildman–Crippen LogP) is 3.86. The molecule has 0 aliphatic heterocycles. The molecule has 0 saturated heterocycles. The van der Waals surface area contributed by atoms with E-state index < -0.39 is 5.97 Å². The Bertz CT molecular complexity index is 1250. The number of amides is 1. The lowest BCUT2D eigenvalue weighted by Crippen LogP contribution is -2.22. The smallest absolute Gasteiger partial charge is 0.383 e. The van der Waals surface area contributed by atoms with Crippen molar-refractivity contribution in [2.24, 2.45) is 0 Å². The molecule has 0 spiro atoms. The van der Waals surface area contributed by atoms with Crippen LogP contribution in [0.3, 0.4) is 0 Å². The van der Waals surface area contributed by atoms with E-state index in [2.05, 4.69) is 15.4 Å². The van der Waals surface area contributed by atoms with Crippen LogP contribution in [0, 0.1) is 12.7 Å². The summed E-state index contributed by atoms with van der Waals surface area (Å²) in [5.41, 5.74) is 1.89. The minimum Gasteiger partial charge on any atom is -0.421 e. The van der Waals surface area contributed by atoms with E-state index >= 15 is 0 Å². The summed E-state index contributed by atoms with van der Waals surface area (Å²) in [5, 5.41) is 6.98. The number of hydrogen-bond donors (Lipinski definition) is 1. The molecule has 0 aliphatic carbocycles. The average molecular weight is 430 g/mol. The van der Waals surface area contributed by atoms with Gasteiger partial charge in [0, 0.05) is 12.1 Å². The third kappa shape index (κ3) is 4.86. The van der Waals surface area contributed by atoms with Crippen LogP contribution >= 0.6 is 0 Å². The Morgan fingerprint density at radius 1 is 1.00 bits per heavy atom. The standard InChI is InChI=1S/C24H19FN4O3/c1-16-27-22(28-29(16)20-12-10-19(25)11-13-20)24(31)32-21-9-5-8-18(14-21)23(30)26-15-17-6-3-2-4-7-17/h2-14H,15H2,1H3,(H,26,30). The fourth-order valence-electron chi connectivity index (χ4n) is 3.04. The second-order valence-electron chi connectivity index (χ2n) is 6.96. The van der Waals surface area contributed by atoms with Gasteiger partial charge in [-0.3, -0.25) is 4.79 Å². The third-order valence-corrected chi connectivity index (χ3v) is 4.63. The van der Waals surface area contributed by atoms with Gasteiger partial charge in [-0.2, -0.15) is 0 Å². The van der Waals surface area contributed by atoms with Crippen molar-refractivity contribution < 1.29 is 18.7 Å². The van der Waals surface area contributed by atoms with E-state index in [1.54, 1.807) is 25.1 Å². The van der Waals surface area contributed by atoms with Crippen molar-refractivity contribution in [2.75, 3.05) is 0 Å². The van der Waals surface area contributed by atoms with Crippen molar-refractivity contribution in [1.82, 2.24) is 20.1 Å². The molecule has 0 atom stereocenters. The summed E-state index contributed by atoms with van der Waals surface area (Å²) in [4.78, 5) is 29.1. The molecular formula is C24H19FN4O3. The number of carbonyl (C=O) groups is 2. The molecule has 1 heterocycles. The molecular weight excluding hydrogens is 411 g/mol. The van der Waals surface area contributed by atoms with Crippen molar-refractivity contribution in [1.29, 1.82) is 0 Å². The average Bonchev–Trinajstić information content (AvgIpc) is 3.20. The number of rotatable bonds is 6. The Morgan fingerprint density at radius 2 is 1.75 bits per heavy atom. The third-order valence-electron chi connectivity index (χ3n) is 4.63. The number of ether oxygens (including phenoxy) is 1. The summed E-state index contributed by atoms with van der Waals surface area (Å²) in [6.45, 7) is 2.05. The van der Waals surface area contributed by atoms with Crippen LogP contribution in [-0.2, 0) is 6.54 Å². The molecule has 8 heteroatoms. The van der Waals surface area contributed by atoms with E-state index in [-0.39, 0.29) is 23.3 Å². The van der Waals surface area contributed by atoms with Crippen LogP contribution in [0.25, 0.3) is 5.69 Å². The second-order valence-corrected chi connectivity index (χ2v) is 6.96. The lowest BCUT2D eigenvalue weighted by atomic mass is 10.2. The maximum Gasteiger partial charge on any atom is 0.383 e. The number of benzene rings is 3. The molecule has 0 radical (unpaired) electrons. The molecule has 1 aromatic heterocycles. The molecule has 4 rings (SSSR count). The van der Waals surface area contributed by atoms with Crippen LogP contribution in [0.1, 0.15) is 32.4 Å². The molecule has 3 aromatic carbocycles. The first-order valence-electron chi connectivity index (χ1n) is 9.83. The number of aromatic nitrogens is 3. The lowest BCUT2D eigenvalue weighted by molar-refractivity contribution is 0.0720. The van der Waals surface area contributed by atoms with Gasteiger partial charge in [-0.25, -0.2) is 18.9 Å². The quantitative estimate of drug-likeness (QED) is 0.371. The summed E-state index contributed by atoms with van der Waals surface area (Å²) >= 11 is 0. The van der Waals surface area contributed by atoms with Crippen LogP contribution in [-0.4, -0.2) is 26.6 Å². The summed E-state index contributed by atoms with van der Waals surface area (Å²) in [7, 11) is 0. The van der Waals surface area contributed by atoms with Gasteiger partial charge in [0.2, 0.25) is 0 Å². The number of nitrogens with one attached hydrogen (secondary N) is 1. The first-order chi connectivity index (χ1) is 15.5. The van der Waals surface area contributed by atoms with Gasteiger partial charge in [0.05, 0.1) is 5.69 Å². The molecule has 7 nitrogen and oxygen atoms in total. The monoisotopic (exact) mass is 430 g/mol. The molecule has 4 aromatic rings. The topological polar surface area (TPSA) is 86.1 Å². The van der Waals surface area contributed by atoms with Gasteiger partial charge in [-0.05, 0) is 55.0 Å². The molecule has 0 aliphatic rings. The number of esters is 1. The van der Waals surface area contributed by atoms with Gasteiger partial charge in [-0.1, -0.05) is 36.4 Å². The zero-order valence-electron chi connectivity index (χ0n) is 17.2. The zero-order valence-corrected chi connectivity index (χ0v) is 17.2. The van der Waals surface area contributed by atoms with Crippen LogP contribution in [0.5, 0.6) is 5.75 Å². The fourth-order valence-corrected chi connectivity index (χ4v) is 3.04. The molecule has 0 fully saturated rings. The second kappa shape index (κ2) is 9.22. The van der Waals surface area contributed by atoms with Crippen LogP contribution in [0.2, 0.25) is 0 Å². The Morgan fingerprint density at radius 3 is 2.50 bits per heavy atom. The first kappa shape index (κ1) is 20.9. The van der Waals surface area contributed by atoms with E-state index in [1.807, 2.05) is 30.3 Å². The molecule has 1 amide bonds. The number of carbonyl (C=O) groups excluding carboxylic acids is 2. The van der Waals surface area contributed by atoms with E-state index in [4.69, 9.17) is 4.74 Å². The maximum absolute atomic E-state index is 13.2. The van der Waals surface area contributed by atoms with Crippen LogP contribution in [0.4, 0.5) is 4.39 Å². The summed E-state index contributed by atoms with van der Waals surface area (Å²) in [5.74, 6) is -0.947. The summed E-state index contributed by atoms with van der Waals surface area (Å²) < 4.78 is 19.9. The Kier molecular flexibility index (Phi) is 6.03. The van der Waals surface area contributed by atoms with Gasteiger partial charge in [0.1, 0.15) is 17.4 Å². The highest BCUT2D eigenvalue weighted by atomic mass is 19.1. The summed E-state index contributed by atoms with van der Waals surface area (Å²) in [6.07, 6.45) is 0. The highest BCUT2D eigenvalue weighted by Gasteiger charge is 2.18. The lowest BCUT2D eigenvalue weighted by Gasteiger charge is -2.07. The number of nitrogens with zero attached hydrogens (tertiary/aromatic N) is 3. The summed E-state index contributed by atoms with van der Waals surface area (Å²) in [6, 6.07) is 21.5. The zero-order chi connectivity index (χ0) is 22.5. The largest absolute Gasteiger partial charge is 0.421 e. The SMILES string of the molecule is Cc1nc(C(=O)Oc2cccc(C(=O)NCc3ccccc3)c2)nn1-c1ccc(F)cc1. The van der Waals surface area contributed by atoms with Crippen LogP contribution in [0.15, 0.2) is 78.9 Å². The number of halogens is 1. The Balaban J connectivity index is 1.44. The molecule has 0 bridgehead atoms. The van der Waals surface area contributed by atoms with Gasteiger partial charge in [0.15, 0.2) is 0 Å². The van der Waals surface area contributed by atoms with Gasteiger partial charge < -0.3 is 10.1 Å². The van der Waals surface area contributed by atoms with Gasteiger partial charge in [0.25, 0.3) is 11.7 Å². The van der Waals surface area contributed by atoms with E-state index in [0.717, 1.165) is 5.56 Å². The first-order valence-corrected chi connectivity index (χ1v) is 9.83. The van der Waals surface area contributed by atoms with Crippen molar-refractivity contribution >= 4 is 11.9 Å². The number of hydrogen-bond acceptors (Lipinski definition) is 5. The van der Waals surface area contributed by atoms with E-state index in [0.29, 0.717) is 23.6 Å². The van der Waals surface area contributed by atoms with Gasteiger partial charge >= 0.3 is 5.97 Å². The Labute approximate surface area is 183 Å². The van der Waals surface area contributed by atoms with E-state index in [1.165, 1.54) is 35.0 Å². The predicted molar refractivity (Wildman–Crippen MR) is 115 cm³/mol. The highest BCUT2D eigenvalue weighted by Crippen LogP contribution is 2.16. The maximum atomic E-state index is 13.2. The molecule has 0 saturated carbocycles. The highest BCUT2D eigenvalue weighted by molar-refractivity contribution is 5.95. The number of aryl methyl sites for hydroxylation is 1. The van der Waals surface area contributed by atoms with Crippen molar-refractivity contribution in [3.63, 3.8) is 0 Å². The molecule has 32 heavy (non-hydrogen) atoms. The fraction of sp³-hybridized carbons (Fsp3) is 0.0833. The molecule has 0 unspecified atom stereocenters. The minimum atomic E-state index is -0.768. The van der Waals surface area contributed by atoms with Crippen molar-refractivity contribution in [3.8, 4) is 11.4 Å². The minimum absolute atomic E-state index is 0.147. The van der Waals surface area contributed by atoms with Crippen molar-refractivity contribution in [3.05, 3.63) is 107 Å². The molecule has 1 N–H and O–H groups in total. The van der Waals surface area contributed by atoms with E-state index in [9.17, 15) is 14.0 Å². The Hall–Kier alpha value is -4.33. The normalized spacial score (nSPS) is 10.6. The molecule has 160 valence electrons. The van der Waals surface area contributed by atoms with Crippen LogP contribution < -0.4 is 10.1 Å². The van der Waals surface area contributed by atoms with Crippen molar-refractivity contribution in [2.45, 2.75) is 13.5 Å². The van der Waals surface area contributed by atoms with Gasteiger partial charge in [-0.15, -0.1) is 5.10 Å².